The van der Waals surface area contributed by atoms with Crippen molar-refractivity contribution < 1.29 is 4.39 Å². The molecule has 1 atom stereocenters. The van der Waals surface area contributed by atoms with E-state index in [1.807, 2.05) is 23.1 Å². The van der Waals surface area contributed by atoms with Gasteiger partial charge in [0.1, 0.15) is 5.82 Å². The predicted octanol–water partition coefficient (Wildman–Crippen LogP) is 3.36. The van der Waals surface area contributed by atoms with Crippen LogP contribution in [0.4, 0.5) is 10.1 Å². The summed E-state index contributed by atoms with van der Waals surface area (Å²) in [5.74, 6) is 0.120. The topological polar surface area (TPSA) is 41.6 Å². The van der Waals surface area contributed by atoms with Crippen LogP contribution in [0.3, 0.4) is 0 Å². The minimum absolute atomic E-state index is 0.241. The third-order valence-corrected chi connectivity index (χ3v) is 3.57. The standard InChI is InChI=1S/C15H13ClFN3/c16-10-4-3-5-11(8-10)20-14(9-19-15(20)18)12-6-1-2-7-13(12)17/h1-8,14H,9H2,(H2,18,19). The predicted molar refractivity (Wildman–Crippen MR) is 79.6 cm³/mol. The van der Waals surface area contributed by atoms with E-state index in [0.717, 1.165) is 5.69 Å². The molecule has 0 amide bonds. The summed E-state index contributed by atoms with van der Waals surface area (Å²) >= 11 is 6.01. The van der Waals surface area contributed by atoms with Gasteiger partial charge in [0.05, 0.1) is 12.6 Å². The Kier molecular flexibility index (Phi) is 3.32. The second-order valence-corrected chi connectivity index (χ2v) is 5.02. The minimum atomic E-state index is -0.255. The highest BCUT2D eigenvalue weighted by Crippen LogP contribution is 2.33. The number of guanidine groups is 1. The maximum absolute atomic E-state index is 14.0. The van der Waals surface area contributed by atoms with Crippen molar-refractivity contribution in [1.29, 1.82) is 0 Å². The molecule has 102 valence electrons. The van der Waals surface area contributed by atoms with Crippen LogP contribution in [0.25, 0.3) is 0 Å². The maximum Gasteiger partial charge on any atom is 0.196 e. The lowest BCUT2D eigenvalue weighted by Crippen LogP contribution is -2.36. The van der Waals surface area contributed by atoms with E-state index in [1.54, 1.807) is 24.3 Å². The van der Waals surface area contributed by atoms with Gasteiger partial charge in [0.2, 0.25) is 0 Å². The Bertz CT molecular complexity index is 672. The first-order valence-corrected chi connectivity index (χ1v) is 6.64. The molecule has 1 aliphatic heterocycles. The SMILES string of the molecule is NC1=NCC(c2ccccc2F)N1c1cccc(Cl)c1. The molecule has 0 aliphatic carbocycles. The molecule has 0 saturated carbocycles. The van der Waals surface area contributed by atoms with Gasteiger partial charge in [-0.05, 0) is 24.3 Å². The van der Waals surface area contributed by atoms with E-state index in [9.17, 15) is 4.39 Å². The second kappa shape index (κ2) is 5.13. The summed E-state index contributed by atoms with van der Waals surface area (Å²) in [5.41, 5.74) is 7.34. The summed E-state index contributed by atoms with van der Waals surface area (Å²) in [5, 5.41) is 0.606. The van der Waals surface area contributed by atoms with Crippen molar-refractivity contribution >= 4 is 23.2 Å². The Labute approximate surface area is 121 Å². The normalized spacial score (nSPS) is 18.2. The first kappa shape index (κ1) is 12.9. The number of anilines is 1. The van der Waals surface area contributed by atoms with Crippen LogP contribution in [0.5, 0.6) is 0 Å². The molecule has 20 heavy (non-hydrogen) atoms. The molecule has 0 bridgehead atoms. The smallest absolute Gasteiger partial charge is 0.196 e. The van der Waals surface area contributed by atoms with Crippen molar-refractivity contribution in [2.24, 2.45) is 10.7 Å². The van der Waals surface area contributed by atoms with Crippen LogP contribution in [0, 0.1) is 5.82 Å². The number of benzene rings is 2. The minimum Gasteiger partial charge on any atom is -0.369 e. The lowest BCUT2D eigenvalue weighted by atomic mass is 10.0. The van der Waals surface area contributed by atoms with Gasteiger partial charge in [-0.25, -0.2) is 4.39 Å². The van der Waals surface area contributed by atoms with Crippen molar-refractivity contribution in [3.05, 3.63) is 64.9 Å². The number of nitrogens with zero attached hydrogens (tertiary/aromatic N) is 2. The van der Waals surface area contributed by atoms with Crippen molar-refractivity contribution in [3.8, 4) is 0 Å². The zero-order valence-corrected chi connectivity index (χ0v) is 11.4. The van der Waals surface area contributed by atoms with Gasteiger partial charge in [-0.3, -0.25) is 4.99 Å². The van der Waals surface area contributed by atoms with Crippen LogP contribution < -0.4 is 10.6 Å². The molecule has 2 N–H and O–H groups in total. The summed E-state index contributed by atoms with van der Waals surface area (Å²) in [6, 6.07) is 13.7. The number of aliphatic imine (C=N–C) groups is 1. The number of rotatable bonds is 2. The van der Waals surface area contributed by atoms with Crippen LogP contribution in [0.15, 0.2) is 53.5 Å². The van der Waals surface area contributed by atoms with Crippen molar-refractivity contribution in [1.82, 2.24) is 0 Å². The van der Waals surface area contributed by atoms with Crippen molar-refractivity contribution in [3.63, 3.8) is 0 Å². The zero-order chi connectivity index (χ0) is 14.1. The molecule has 5 heteroatoms. The highest BCUT2D eigenvalue weighted by molar-refractivity contribution is 6.30. The lowest BCUT2D eigenvalue weighted by molar-refractivity contribution is 0.589. The van der Waals surface area contributed by atoms with Crippen LogP contribution >= 0.6 is 11.6 Å². The van der Waals surface area contributed by atoms with Gasteiger partial charge >= 0.3 is 0 Å². The molecule has 0 radical (unpaired) electrons. The van der Waals surface area contributed by atoms with Gasteiger partial charge in [-0.15, -0.1) is 0 Å². The lowest BCUT2D eigenvalue weighted by Gasteiger charge is -2.27. The molecule has 0 saturated heterocycles. The summed E-state index contributed by atoms with van der Waals surface area (Å²) in [7, 11) is 0. The average molecular weight is 290 g/mol. The van der Waals surface area contributed by atoms with Crippen LogP contribution in [0.1, 0.15) is 11.6 Å². The number of halogens is 2. The average Bonchev–Trinajstić information content (AvgIpc) is 2.81. The van der Waals surface area contributed by atoms with Gasteiger partial charge in [0, 0.05) is 16.3 Å². The van der Waals surface area contributed by atoms with Crippen molar-refractivity contribution in [2.45, 2.75) is 6.04 Å². The third kappa shape index (κ3) is 2.23. The fourth-order valence-electron chi connectivity index (χ4n) is 2.42. The fourth-order valence-corrected chi connectivity index (χ4v) is 2.60. The summed E-state index contributed by atoms with van der Waals surface area (Å²) in [4.78, 5) is 6.04. The van der Waals surface area contributed by atoms with E-state index in [1.165, 1.54) is 6.07 Å². The van der Waals surface area contributed by atoms with Crippen LogP contribution in [0.2, 0.25) is 5.02 Å². The molecule has 2 aromatic rings. The van der Waals surface area contributed by atoms with Crippen molar-refractivity contribution in [2.75, 3.05) is 11.4 Å². The highest BCUT2D eigenvalue weighted by atomic mass is 35.5. The Morgan fingerprint density at radius 1 is 1.20 bits per heavy atom. The molecular formula is C15H13ClFN3. The summed E-state index contributed by atoms with van der Waals surface area (Å²) < 4.78 is 14.0. The zero-order valence-electron chi connectivity index (χ0n) is 10.6. The summed E-state index contributed by atoms with van der Waals surface area (Å²) in [6.45, 7) is 0.430. The maximum atomic E-state index is 14.0. The molecule has 0 spiro atoms. The Morgan fingerprint density at radius 3 is 2.75 bits per heavy atom. The first-order valence-electron chi connectivity index (χ1n) is 6.26. The van der Waals surface area contributed by atoms with E-state index in [4.69, 9.17) is 17.3 Å². The van der Waals surface area contributed by atoms with Crippen LogP contribution in [-0.2, 0) is 0 Å². The van der Waals surface area contributed by atoms with Gasteiger partial charge in [0.15, 0.2) is 5.96 Å². The molecule has 0 fully saturated rings. The highest BCUT2D eigenvalue weighted by Gasteiger charge is 2.30. The Balaban J connectivity index is 2.03. The van der Waals surface area contributed by atoms with E-state index < -0.39 is 0 Å². The molecule has 0 aromatic heterocycles. The first-order chi connectivity index (χ1) is 9.66. The van der Waals surface area contributed by atoms with Gasteiger partial charge in [-0.2, -0.15) is 0 Å². The number of hydrogen-bond donors (Lipinski definition) is 1. The molecule has 3 rings (SSSR count). The van der Waals surface area contributed by atoms with E-state index >= 15 is 0 Å². The Hall–Kier alpha value is -2.07. The molecule has 1 aliphatic rings. The largest absolute Gasteiger partial charge is 0.369 e. The quantitative estimate of drug-likeness (QED) is 0.921. The molecule has 3 nitrogen and oxygen atoms in total. The number of nitrogens with two attached hydrogens (primary N) is 1. The van der Waals surface area contributed by atoms with Gasteiger partial charge < -0.3 is 10.6 Å². The van der Waals surface area contributed by atoms with E-state index in [2.05, 4.69) is 4.99 Å². The van der Waals surface area contributed by atoms with E-state index in [0.29, 0.717) is 23.1 Å². The monoisotopic (exact) mass is 289 g/mol. The molecule has 1 heterocycles. The third-order valence-electron chi connectivity index (χ3n) is 3.34. The summed E-state index contributed by atoms with van der Waals surface area (Å²) in [6.07, 6.45) is 0. The molecule has 2 aromatic carbocycles. The number of hydrogen-bond acceptors (Lipinski definition) is 3. The second-order valence-electron chi connectivity index (χ2n) is 4.59. The van der Waals surface area contributed by atoms with Gasteiger partial charge in [0.25, 0.3) is 0 Å². The molecule has 1 unspecified atom stereocenters. The molecular weight excluding hydrogens is 277 g/mol. The van der Waals surface area contributed by atoms with Crippen LogP contribution in [-0.4, -0.2) is 12.5 Å². The fraction of sp³-hybridized carbons (Fsp3) is 0.133. The van der Waals surface area contributed by atoms with E-state index in [-0.39, 0.29) is 11.9 Å². The van der Waals surface area contributed by atoms with Gasteiger partial charge in [-0.1, -0.05) is 35.9 Å². The Morgan fingerprint density at radius 2 is 2.00 bits per heavy atom.